The van der Waals surface area contributed by atoms with Gasteiger partial charge < -0.3 is 10.0 Å². The molecule has 0 unspecified atom stereocenters. The molecule has 0 aliphatic heterocycles. The lowest BCUT2D eigenvalue weighted by Crippen LogP contribution is -2.24. The molecule has 0 amide bonds. The Bertz CT molecular complexity index is 668. The van der Waals surface area contributed by atoms with Gasteiger partial charge in [0, 0.05) is 24.7 Å². The van der Waals surface area contributed by atoms with Crippen LogP contribution < -0.4 is 4.90 Å². The van der Waals surface area contributed by atoms with E-state index >= 15 is 0 Å². The number of aromatic carboxylic acids is 1. The highest BCUT2D eigenvalue weighted by atomic mass is 19.4. The van der Waals surface area contributed by atoms with Gasteiger partial charge in [-0.1, -0.05) is 24.3 Å². The monoisotopic (exact) mass is 297 g/mol. The molecule has 0 saturated heterocycles. The number of hydrogen-bond donors (Lipinski definition) is 1. The summed E-state index contributed by atoms with van der Waals surface area (Å²) < 4.78 is 36.9. The van der Waals surface area contributed by atoms with Crippen molar-refractivity contribution in [3.63, 3.8) is 0 Å². The van der Waals surface area contributed by atoms with E-state index in [1.54, 1.807) is 37.4 Å². The molecule has 1 N–H and O–H groups in total. The zero-order valence-corrected chi connectivity index (χ0v) is 11.3. The van der Waals surface area contributed by atoms with E-state index in [1.165, 1.54) is 11.0 Å². The van der Waals surface area contributed by atoms with Crippen molar-refractivity contribution in [3.8, 4) is 0 Å². The molecule has 0 radical (unpaired) electrons. The van der Waals surface area contributed by atoms with Gasteiger partial charge >= 0.3 is 12.1 Å². The molecule has 2 aromatic carbocycles. The van der Waals surface area contributed by atoms with Gasteiger partial charge in [-0.15, -0.1) is 0 Å². The van der Waals surface area contributed by atoms with Gasteiger partial charge in [-0.3, -0.25) is 0 Å². The lowest BCUT2D eigenvalue weighted by atomic mass is 10.0. The first-order chi connectivity index (χ1) is 9.79. The standard InChI is InChI=1S/C15H14F3NO2/c1-19(9-8-15(16,17)18)13-7-6-12(14(20)21)10-4-2-3-5-11(10)13/h2-7H,8-9H2,1H3,(H,20,21). The highest BCUT2D eigenvalue weighted by Gasteiger charge is 2.27. The first-order valence-electron chi connectivity index (χ1n) is 6.32. The molecule has 0 heterocycles. The van der Waals surface area contributed by atoms with Crippen LogP contribution in [0.2, 0.25) is 0 Å². The van der Waals surface area contributed by atoms with E-state index in [-0.39, 0.29) is 12.1 Å². The summed E-state index contributed by atoms with van der Waals surface area (Å²) in [6.45, 7) is -0.181. The Labute approximate surface area is 119 Å². The van der Waals surface area contributed by atoms with Gasteiger partial charge in [-0.05, 0) is 17.5 Å². The van der Waals surface area contributed by atoms with Crippen LogP contribution in [0, 0.1) is 0 Å². The van der Waals surface area contributed by atoms with Crippen molar-refractivity contribution >= 4 is 22.4 Å². The number of benzene rings is 2. The first-order valence-corrected chi connectivity index (χ1v) is 6.32. The van der Waals surface area contributed by atoms with Gasteiger partial charge in [0.05, 0.1) is 12.0 Å². The van der Waals surface area contributed by atoms with E-state index in [4.69, 9.17) is 5.11 Å². The zero-order valence-electron chi connectivity index (χ0n) is 11.3. The number of nitrogens with zero attached hydrogens (tertiary/aromatic N) is 1. The van der Waals surface area contributed by atoms with Crippen molar-refractivity contribution in [2.45, 2.75) is 12.6 Å². The summed E-state index contributed by atoms with van der Waals surface area (Å²) in [5.41, 5.74) is 0.721. The molecule has 2 rings (SSSR count). The molecule has 0 aliphatic carbocycles. The summed E-state index contributed by atoms with van der Waals surface area (Å²) in [7, 11) is 1.56. The summed E-state index contributed by atoms with van der Waals surface area (Å²) in [5, 5.41) is 10.3. The predicted molar refractivity (Wildman–Crippen MR) is 74.8 cm³/mol. The molecule has 2 aromatic rings. The number of anilines is 1. The number of carboxylic acid groups (broad SMARTS) is 1. The maximum atomic E-state index is 12.3. The van der Waals surface area contributed by atoms with Crippen molar-refractivity contribution in [2.75, 3.05) is 18.5 Å². The van der Waals surface area contributed by atoms with Crippen molar-refractivity contribution < 1.29 is 23.1 Å². The summed E-state index contributed by atoms with van der Waals surface area (Å²) >= 11 is 0. The van der Waals surface area contributed by atoms with Crippen LogP contribution in [0.3, 0.4) is 0 Å². The molecule has 0 atom stereocenters. The van der Waals surface area contributed by atoms with Gasteiger partial charge in [0.2, 0.25) is 0 Å². The minimum Gasteiger partial charge on any atom is -0.478 e. The average Bonchev–Trinajstić information content (AvgIpc) is 2.42. The van der Waals surface area contributed by atoms with Gasteiger partial charge in [-0.2, -0.15) is 13.2 Å². The molecule has 0 aromatic heterocycles. The molecular weight excluding hydrogens is 283 g/mol. The average molecular weight is 297 g/mol. The third kappa shape index (κ3) is 3.45. The maximum Gasteiger partial charge on any atom is 0.390 e. The van der Waals surface area contributed by atoms with Crippen molar-refractivity contribution in [3.05, 3.63) is 42.0 Å². The van der Waals surface area contributed by atoms with E-state index in [2.05, 4.69) is 0 Å². The third-order valence-electron chi connectivity index (χ3n) is 3.27. The van der Waals surface area contributed by atoms with E-state index in [9.17, 15) is 18.0 Å². The Morgan fingerprint density at radius 3 is 2.33 bits per heavy atom. The molecule has 0 aliphatic rings. The third-order valence-corrected chi connectivity index (χ3v) is 3.27. The second-order valence-corrected chi connectivity index (χ2v) is 4.77. The zero-order chi connectivity index (χ0) is 15.6. The molecule has 0 saturated carbocycles. The molecule has 6 heteroatoms. The Morgan fingerprint density at radius 1 is 1.14 bits per heavy atom. The highest BCUT2D eigenvalue weighted by molar-refractivity contribution is 6.07. The number of halogens is 3. The summed E-state index contributed by atoms with van der Waals surface area (Å²) in [5.74, 6) is -1.06. The number of fused-ring (bicyclic) bond motifs is 1. The van der Waals surface area contributed by atoms with E-state index in [1.807, 2.05) is 0 Å². The quantitative estimate of drug-likeness (QED) is 0.929. The number of rotatable bonds is 4. The Hall–Kier alpha value is -2.24. The van der Waals surface area contributed by atoms with Crippen LogP contribution in [0.4, 0.5) is 18.9 Å². The molecule has 112 valence electrons. The SMILES string of the molecule is CN(CCC(F)(F)F)c1ccc(C(=O)O)c2ccccc12. The number of carbonyl (C=O) groups is 1. The largest absolute Gasteiger partial charge is 0.478 e. The summed E-state index contributed by atoms with van der Waals surface area (Å²) in [6, 6.07) is 9.76. The lowest BCUT2D eigenvalue weighted by molar-refractivity contribution is -0.132. The van der Waals surface area contributed by atoms with E-state index < -0.39 is 18.6 Å². The Balaban J connectivity index is 2.41. The fraction of sp³-hybridized carbons (Fsp3) is 0.267. The molecule has 3 nitrogen and oxygen atoms in total. The lowest BCUT2D eigenvalue weighted by Gasteiger charge is -2.22. The van der Waals surface area contributed by atoms with Crippen molar-refractivity contribution in [2.24, 2.45) is 0 Å². The second-order valence-electron chi connectivity index (χ2n) is 4.77. The van der Waals surface area contributed by atoms with Gasteiger partial charge in [0.1, 0.15) is 0 Å². The molecule has 21 heavy (non-hydrogen) atoms. The van der Waals surface area contributed by atoms with Crippen LogP contribution in [0.1, 0.15) is 16.8 Å². The fourth-order valence-electron chi connectivity index (χ4n) is 2.22. The van der Waals surface area contributed by atoms with Crippen LogP contribution in [0.25, 0.3) is 10.8 Å². The topological polar surface area (TPSA) is 40.5 Å². The van der Waals surface area contributed by atoms with Crippen LogP contribution in [-0.2, 0) is 0 Å². The minimum absolute atomic E-state index is 0.138. The number of carboxylic acids is 1. The van der Waals surface area contributed by atoms with E-state index in [0.29, 0.717) is 16.5 Å². The Kier molecular flexibility index (Phi) is 4.06. The van der Waals surface area contributed by atoms with Crippen LogP contribution >= 0.6 is 0 Å². The van der Waals surface area contributed by atoms with E-state index in [0.717, 1.165) is 0 Å². The van der Waals surface area contributed by atoms with Crippen LogP contribution in [-0.4, -0.2) is 30.8 Å². The van der Waals surface area contributed by atoms with Crippen molar-refractivity contribution in [1.29, 1.82) is 0 Å². The van der Waals surface area contributed by atoms with Crippen molar-refractivity contribution in [1.82, 2.24) is 0 Å². The van der Waals surface area contributed by atoms with Gasteiger partial charge in [-0.25, -0.2) is 4.79 Å². The smallest absolute Gasteiger partial charge is 0.390 e. The van der Waals surface area contributed by atoms with Gasteiger partial charge in [0.15, 0.2) is 0 Å². The molecule has 0 fully saturated rings. The van der Waals surface area contributed by atoms with Crippen LogP contribution in [0.5, 0.6) is 0 Å². The number of alkyl halides is 3. The minimum atomic E-state index is -4.22. The maximum absolute atomic E-state index is 12.3. The molecule has 0 bridgehead atoms. The second kappa shape index (κ2) is 5.63. The van der Waals surface area contributed by atoms with Gasteiger partial charge in [0.25, 0.3) is 0 Å². The number of hydrogen-bond acceptors (Lipinski definition) is 2. The summed E-state index contributed by atoms with van der Waals surface area (Å²) in [4.78, 5) is 12.7. The van der Waals surface area contributed by atoms with Crippen LogP contribution in [0.15, 0.2) is 36.4 Å². The highest BCUT2D eigenvalue weighted by Crippen LogP contribution is 2.30. The first kappa shape index (κ1) is 15.2. The normalized spacial score (nSPS) is 11.6. The fourth-order valence-corrected chi connectivity index (χ4v) is 2.22. The Morgan fingerprint density at radius 2 is 1.76 bits per heavy atom. The molecule has 0 spiro atoms. The molecular formula is C15H14F3NO2. The predicted octanol–water partition coefficient (Wildman–Crippen LogP) is 3.93. The summed E-state index contributed by atoms with van der Waals surface area (Å²) in [6.07, 6.45) is -5.14.